The van der Waals surface area contributed by atoms with Gasteiger partial charge in [-0.3, -0.25) is 4.79 Å². The van der Waals surface area contributed by atoms with E-state index in [9.17, 15) is 9.90 Å². The fraction of sp³-hybridized carbons (Fsp3) is 0.538. The molecule has 1 atom stereocenters. The van der Waals surface area contributed by atoms with E-state index in [1.807, 2.05) is 6.92 Å². The molecule has 0 saturated carbocycles. The lowest BCUT2D eigenvalue weighted by molar-refractivity contribution is 0.0481. The van der Waals surface area contributed by atoms with Crippen LogP contribution in [0.3, 0.4) is 0 Å². The molecule has 2 rings (SSSR count). The third-order valence-corrected chi connectivity index (χ3v) is 3.42. The van der Waals surface area contributed by atoms with Crippen LogP contribution < -0.4 is 10.6 Å². The second-order valence-corrected chi connectivity index (χ2v) is 5.11. The molecule has 0 aliphatic carbocycles. The molecule has 1 fully saturated rings. The van der Waals surface area contributed by atoms with E-state index in [0.717, 1.165) is 38.2 Å². The first-order valence-electron chi connectivity index (χ1n) is 6.21. The van der Waals surface area contributed by atoms with Crippen LogP contribution in [0, 0.1) is 0 Å². The molecule has 1 amide bonds. The van der Waals surface area contributed by atoms with Gasteiger partial charge in [0.2, 0.25) is 5.91 Å². The second kappa shape index (κ2) is 4.94. The summed E-state index contributed by atoms with van der Waals surface area (Å²) in [4.78, 5) is 17.4. The number of rotatable bonds is 2. The van der Waals surface area contributed by atoms with Crippen LogP contribution in [0.2, 0.25) is 0 Å². The summed E-state index contributed by atoms with van der Waals surface area (Å²) < 4.78 is 0. The number of nitrogens with two attached hydrogens (primary N) is 1. The van der Waals surface area contributed by atoms with Gasteiger partial charge < -0.3 is 15.7 Å². The molecule has 5 heteroatoms. The summed E-state index contributed by atoms with van der Waals surface area (Å²) in [6, 6.07) is 3.49. The highest BCUT2D eigenvalue weighted by Gasteiger charge is 2.25. The number of pyridine rings is 1. The summed E-state index contributed by atoms with van der Waals surface area (Å²) in [6.07, 6.45) is 3.97. The molecule has 0 aromatic carbocycles. The SMILES string of the molecule is CC1(O)CCCN(c2ccc(C(N)=O)cn2)CC1. The van der Waals surface area contributed by atoms with Gasteiger partial charge in [-0.15, -0.1) is 0 Å². The minimum absolute atomic E-state index is 0.417. The molecule has 1 unspecified atom stereocenters. The molecular weight excluding hydrogens is 230 g/mol. The van der Waals surface area contributed by atoms with Crippen molar-refractivity contribution < 1.29 is 9.90 Å². The van der Waals surface area contributed by atoms with Crippen molar-refractivity contribution in [1.29, 1.82) is 0 Å². The normalized spacial score (nSPS) is 24.7. The number of amides is 1. The summed E-state index contributed by atoms with van der Waals surface area (Å²) >= 11 is 0. The van der Waals surface area contributed by atoms with E-state index in [1.54, 1.807) is 12.1 Å². The van der Waals surface area contributed by atoms with Gasteiger partial charge in [0.05, 0.1) is 11.2 Å². The number of aromatic nitrogens is 1. The highest BCUT2D eigenvalue weighted by Crippen LogP contribution is 2.24. The number of aliphatic hydroxyl groups is 1. The van der Waals surface area contributed by atoms with Crippen molar-refractivity contribution in [2.45, 2.75) is 31.8 Å². The summed E-state index contributed by atoms with van der Waals surface area (Å²) in [5.74, 6) is 0.366. The summed E-state index contributed by atoms with van der Waals surface area (Å²) in [7, 11) is 0. The van der Waals surface area contributed by atoms with E-state index in [4.69, 9.17) is 5.73 Å². The lowest BCUT2D eigenvalue weighted by atomic mass is 9.98. The van der Waals surface area contributed by atoms with Crippen molar-refractivity contribution in [3.63, 3.8) is 0 Å². The topological polar surface area (TPSA) is 79.5 Å². The molecule has 3 N–H and O–H groups in total. The van der Waals surface area contributed by atoms with Crippen LogP contribution in [0.25, 0.3) is 0 Å². The molecule has 5 nitrogen and oxygen atoms in total. The van der Waals surface area contributed by atoms with E-state index in [1.165, 1.54) is 6.20 Å². The lowest BCUT2D eigenvalue weighted by Gasteiger charge is -2.23. The molecule has 0 radical (unpaired) electrons. The third kappa shape index (κ3) is 2.98. The predicted molar refractivity (Wildman–Crippen MR) is 69.4 cm³/mol. The Bertz CT molecular complexity index is 428. The van der Waals surface area contributed by atoms with E-state index >= 15 is 0 Å². The zero-order valence-corrected chi connectivity index (χ0v) is 10.6. The first-order chi connectivity index (χ1) is 8.48. The van der Waals surface area contributed by atoms with Crippen LogP contribution in [0.15, 0.2) is 18.3 Å². The largest absolute Gasteiger partial charge is 0.390 e. The summed E-state index contributed by atoms with van der Waals surface area (Å²) in [5.41, 5.74) is 5.01. The predicted octanol–water partition coefficient (Wildman–Crippen LogP) is 0.922. The molecule has 0 spiro atoms. The Morgan fingerprint density at radius 2 is 2.22 bits per heavy atom. The monoisotopic (exact) mass is 249 g/mol. The smallest absolute Gasteiger partial charge is 0.250 e. The summed E-state index contributed by atoms with van der Waals surface area (Å²) in [6.45, 7) is 3.52. The molecule has 1 aromatic heterocycles. The van der Waals surface area contributed by atoms with Gasteiger partial charge in [-0.25, -0.2) is 4.98 Å². The van der Waals surface area contributed by atoms with Gasteiger partial charge in [0.15, 0.2) is 0 Å². The maximum Gasteiger partial charge on any atom is 0.250 e. The Morgan fingerprint density at radius 3 is 2.83 bits per heavy atom. The molecule has 18 heavy (non-hydrogen) atoms. The van der Waals surface area contributed by atoms with Gasteiger partial charge >= 0.3 is 0 Å². The highest BCUT2D eigenvalue weighted by molar-refractivity contribution is 5.92. The first-order valence-corrected chi connectivity index (χ1v) is 6.21. The second-order valence-electron chi connectivity index (χ2n) is 5.11. The number of hydrogen-bond acceptors (Lipinski definition) is 4. The Balaban J connectivity index is 2.09. The number of carbonyl (C=O) groups is 1. The minimum atomic E-state index is -0.581. The molecular formula is C13H19N3O2. The van der Waals surface area contributed by atoms with Crippen molar-refractivity contribution in [3.8, 4) is 0 Å². The third-order valence-electron chi connectivity index (χ3n) is 3.42. The van der Waals surface area contributed by atoms with Crippen LogP contribution in [0.1, 0.15) is 36.5 Å². The van der Waals surface area contributed by atoms with Crippen molar-refractivity contribution >= 4 is 11.7 Å². The van der Waals surface area contributed by atoms with E-state index in [2.05, 4.69) is 9.88 Å². The molecule has 1 aliphatic heterocycles. The van der Waals surface area contributed by atoms with Crippen LogP contribution in [-0.4, -0.2) is 34.7 Å². The van der Waals surface area contributed by atoms with Gasteiger partial charge in [-0.2, -0.15) is 0 Å². The van der Waals surface area contributed by atoms with Gasteiger partial charge in [0, 0.05) is 19.3 Å². The highest BCUT2D eigenvalue weighted by atomic mass is 16.3. The maximum atomic E-state index is 11.0. The fourth-order valence-corrected chi connectivity index (χ4v) is 2.21. The molecule has 2 heterocycles. The zero-order chi connectivity index (χ0) is 13.2. The Morgan fingerprint density at radius 1 is 1.44 bits per heavy atom. The Labute approximate surface area is 107 Å². The quantitative estimate of drug-likeness (QED) is 0.817. The van der Waals surface area contributed by atoms with Gasteiger partial charge in [0.25, 0.3) is 0 Å². The van der Waals surface area contributed by atoms with E-state index < -0.39 is 11.5 Å². The van der Waals surface area contributed by atoms with E-state index in [0.29, 0.717) is 5.56 Å². The minimum Gasteiger partial charge on any atom is -0.390 e. The Kier molecular flexibility index (Phi) is 3.52. The number of nitrogens with zero attached hydrogens (tertiary/aromatic N) is 2. The first kappa shape index (κ1) is 12.8. The van der Waals surface area contributed by atoms with Gasteiger partial charge in [0.1, 0.15) is 5.82 Å². The standard InChI is InChI=1S/C13H19N3O2/c1-13(18)5-2-7-16(8-6-13)11-4-3-10(9-15-11)12(14)17/h3-4,9,18H,2,5-8H2,1H3,(H2,14,17). The van der Waals surface area contributed by atoms with Gasteiger partial charge in [-0.05, 0) is 38.3 Å². The summed E-state index contributed by atoms with van der Waals surface area (Å²) in [5, 5.41) is 10.0. The van der Waals surface area contributed by atoms with Crippen molar-refractivity contribution in [1.82, 2.24) is 4.98 Å². The van der Waals surface area contributed by atoms with Crippen molar-refractivity contribution in [2.24, 2.45) is 5.73 Å². The molecule has 98 valence electrons. The number of anilines is 1. The molecule has 1 aromatic rings. The molecule has 1 saturated heterocycles. The van der Waals surface area contributed by atoms with Crippen LogP contribution in [-0.2, 0) is 0 Å². The number of hydrogen-bond donors (Lipinski definition) is 2. The average molecular weight is 249 g/mol. The lowest BCUT2D eigenvalue weighted by Crippen LogP contribution is -2.28. The van der Waals surface area contributed by atoms with Crippen LogP contribution in [0.4, 0.5) is 5.82 Å². The van der Waals surface area contributed by atoms with Crippen molar-refractivity contribution in [2.75, 3.05) is 18.0 Å². The number of primary amides is 1. The number of carbonyl (C=O) groups excluding carboxylic acids is 1. The van der Waals surface area contributed by atoms with Crippen LogP contribution in [0.5, 0.6) is 0 Å². The Hall–Kier alpha value is -1.62. The fourth-order valence-electron chi connectivity index (χ4n) is 2.21. The zero-order valence-electron chi connectivity index (χ0n) is 10.6. The molecule has 0 bridgehead atoms. The maximum absolute atomic E-state index is 11.0. The van der Waals surface area contributed by atoms with E-state index in [-0.39, 0.29) is 0 Å². The average Bonchev–Trinajstić information content (AvgIpc) is 2.50. The van der Waals surface area contributed by atoms with Crippen LogP contribution >= 0.6 is 0 Å². The molecule has 1 aliphatic rings. The van der Waals surface area contributed by atoms with Crippen molar-refractivity contribution in [3.05, 3.63) is 23.9 Å². The van der Waals surface area contributed by atoms with Gasteiger partial charge in [-0.1, -0.05) is 0 Å².